The fourth-order valence-electron chi connectivity index (χ4n) is 2.82. The van der Waals surface area contributed by atoms with Crippen LogP contribution in [0.1, 0.15) is 19.4 Å². The first-order valence-electron chi connectivity index (χ1n) is 8.30. The second-order valence-electron chi connectivity index (χ2n) is 6.59. The van der Waals surface area contributed by atoms with Crippen molar-refractivity contribution < 1.29 is 19.0 Å². The highest BCUT2D eigenvalue weighted by Gasteiger charge is 2.32. The van der Waals surface area contributed by atoms with E-state index >= 15 is 0 Å². The van der Waals surface area contributed by atoms with Crippen LogP contribution in [0.3, 0.4) is 0 Å². The van der Waals surface area contributed by atoms with E-state index in [0.717, 1.165) is 12.0 Å². The molecule has 0 atom stereocenters. The Morgan fingerprint density at radius 1 is 1.27 bits per heavy atom. The van der Waals surface area contributed by atoms with Crippen molar-refractivity contribution in [1.82, 2.24) is 0 Å². The molecule has 1 aliphatic heterocycles. The van der Waals surface area contributed by atoms with E-state index in [1.807, 2.05) is 32.0 Å². The van der Waals surface area contributed by atoms with E-state index < -0.39 is 0 Å². The van der Waals surface area contributed by atoms with Crippen molar-refractivity contribution in [3.63, 3.8) is 0 Å². The fourth-order valence-corrected chi connectivity index (χ4v) is 2.82. The van der Waals surface area contributed by atoms with Gasteiger partial charge >= 0.3 is 0 Å². The van der Waals surface area contributed by atoms with E-state index in [1.54, 1.807) is 30.3 Å². The van der Waals surface area contributed by atoms with Crippen molar-refractivity contribution in [2.24, 2.45) is 0 Å². The Morgan fingerprint density at radius 2 is 2.08 bits per heavy atom. The number of amides is 1. The molecule has 1 heterocycles. The Labute approximate surface area is 152 Å². The van der Waals surface area contributed by atoms with Gasteiger partial charge in [0, 0.05) is 23.7 Å². The lowest BCUT2D eigenvalue weighted by atomic mass is 10.0. The van der Waals surface area contributed by atoms with Crippen LogP contribution in [0.25, 0.3) is 0 Å². The molecule has 2 aromatic carbocycles. The van der Waals surface area contributed by atoms with E-state index in [1.165, 1.54) is 0 Å². The molecule has 0 aliphatic carbocycles. The number of anilines is 1. The fraction of sp³-hybridized carbons (Fsp3) is 0.300. The molecule has 1 aliphatic rings. The largest absolute Gasteiger partial charge is 0.483 e. The van der Waals surface area contributed by atoms with E-state index in [0.29, 0.717) is 22.9 Å². The molecule has 6 heteroatoms. The Hall–Kier alpha value is -3.20. The summed E-state index contributed by atoms with van der Waals surface area (Å²) in [6.45, 7) is 3.86. The van der Waals surface area contributed by atoms with Gasteiger partial charge in [0.2, 0.25) is 0 Å². The van der Waals surface area contributed by atoms with Crippen LogP contribution in [0, 0.1) is 11.3 Å². The lowest BCUT2D eigenvalue weighted by Gasteiger charge is -2.18. The molecule has 0 fully saturated rings. The summed E-state index contributed by atoms with van der Waals surface area (Å²) in [5.41, 5.74) is 1.38. The summed E-state index contributed by atoms with van der Waals surface area (Å²) in [5.74, 6) is 1.49. The Kier molecular flexibility index (Phi) is 4.99. The summed E-state index contributed by atoms with van der Waals surface area (Å²) >= 11 is 0. The van der Waals surface area contributed by atoms with Crippen LogP contribution in [-0.4, -0.2) is 24.7 Å². The SMILES string of the molecule is CC1(C)Cc2cccc(OCC(=O)Nc3cccc(OCC#N)c3)c2O1. The van der Waals surface area contributed by atoms with Gasteiger partial charge in [0.15, 0.2) is 24.7 Å². The van der Waals surface area contributed by atoms with E-state index in [-0.39, 0.29) is 24.7 Å². The second-order valence-corrected chi connectivity index (χ2v) is 6.59. The topological polar surface area (TPSA) is 80.6 Å². The third-order valence-electron chi connectivity index (χ3n) is 3.83. The number of hydrogen-bond acceptors (Lipinski definition) is 5. The van der Waals surface area contributed by atoms with Crippen molar-refractivity contribution in [2.45, 2.75) is 25.9 Å². The maximum Gasteiger partial charge on any atom is 0.262 e. The maximum absolute atomic E-state index is 12.2. The molecule has 0 aromatic heterocycles. The number of fused-ring (bicyclic) bond motifs is 1. The molecular weight excluding hydrogens is 332 g/mol. The first kappa shape index (κ1) is 17.6. The Morgan fingerprint density at radius 3 is 2.88 bits per heavy atom. The lowest BCUT2D eigenvalue weighted by molar-refractivity contribution is -0.118. The number of para-hydroxylation sites is 1. The molecule has 134 valence electrons. The third kappa shape index (κ3) is 4.25. The molecule has 0 unspecified atom stereocenters. The van der Waals surface area contributed by atoms with Gasteiger partial charge in [-0.3, -0.25) is 4.79 Å². The van der Waals surface area contributed by atoms with Crippen molar-refractivity contribution in [3.05, 3.63) is 48.0 Å². The van der Waals surface area contributed by atoms with Gasteiger partial charge in [-0.1, -0.05) is 18.2 Å². The molecule has 0 spiro atoms. The molecule has 0 radical (unpaired) electrons. The number of carbonyl (C=O) groups is 1. The molecule has 6 nitrogen and oxygen atoms in total. The van der Waals surface area contributed by atoms with Crippen LogP contribution < -0.4 is 19.5 Å². The Bertz CT molecular complexity index is 855. The lowest BCUT2D eigenvalue weighted by Crippen LogP contribution is -2.25. The highest BCUT2D eigenvalue weighted by molar-refractivity contribution is 5.92. The summed E-state index contributed by atoms with van der Waals surface area (Å²) in [6, 6.07) is 14.4. The van der Waals surface area contributed by atoms with Crippen molar-refractivity contribution in [2.75, 3.05) is 18.5 Å². The number of ether oxygens (including phenoxy) is 3. The minimum Gasteiger partial charge on any atom is -0.483 e. The van der Waals surface area contributed by atoms with Crippen LogP contribution in [0.2, 0.25) is 0 Å². The molecule has 3 rings (SSSR count). The maximum atomic E-state index is 12.2. The molecule has 2 aromatic rings. The molecule has 0 saturated carbocycles. The zero-order valence-corrected chi connectivity index (χ0v) is 14.7. The Balaban J connectivity index is 1.59. The highest BCUT2D eigenvalue weighted by atomic mass is 16.5. The zero-order valence-electron chi connectivity index (χ0n) is 14.7. The van der Waals surface area contributed by atoms with Crippen LogP contribution in [0.15, 0.2) is 42.5 Å². The predicted octanol–water partition coefficient (Wildman–Crippen LogP) is 3.32. The summed E-state index contributed by atoms with van der Waals surface area (Å²) in [5, 5.41) is 11.3. The quantitative estimate of drug-likeness (QED) is 0.862. The number of nitrogens with zero attached hydrogens (tertiary/aromatic N) is 1. The zero-order chi connectivity index (χ0) is 18.6. The van der Waals surface area contributed by atoms with E-state index in [2.05, 4.69) is 5.32 Å². The molecule has 26 heavy (non-hydrogen) atoms. The third-order valence-corrected chi connectivity index (χ3v) is 3.83. The standard InChI is InChI=1S/C20H20N2O4/c1-20(2)12-14-5-3-8-17(19(14)26-20)25-13-18(23)22-15-6-4-7-16(11-15)24-10-9-21/h3-8,11H,10,12-13H2,1-2H3,(H,22,23). The van der Waals surface area contributed by atoms with Crippen molar-refractivity contribution in [1.29, 1.82) is 5.26 Å². The minimum absolute atomic E-state index is 0.0457. The predicted molar refractivity (Wildman–Crippen MR) is 96.5 cm³/mol. The van der Waals surface area contributed by atoms with Gasteiger partial charge in [-0.15, -0.1) is 0 Å². The summed E-state index contributed by atoms with van der Waals surface area (Å²) < 4.78 is 16.8. The molecule has 1 amide bonds. The smallest absolute Gasteiger partial charge is 0.262 e. The summed E-state index contributed by atoms with van der Waals surface area (Å²) in [4.78, 5) is 12.2. The van der Waals surface area contributed by atoms with Crippen LogP contribution in [0.4, 0.5) is 5.69 Å². The van der Waals surface area contributed by atoms with Crippen LogP contribution in [0.5, 0.6) is 17.2 Å². The van der Waals surface area contributed by atoms with Gasteiger partial charge < -0.3 is 19.5 Å². The monoisotopic (exact) mass is 352 g/mol. The number of rotatable bonds is 6. The average Bonchev–Trinajstić information content (AvgIpc) is 2.93. The van der Waals surface area contributed by atoms with Gasteiger partial charge in [0.05, 0.1) is 0 Å². The second kappa shape index (κ2) is 7.36. The highest BCUT2D eigenvalue weighted by Crippen LogP contribution is 2.41. The van der Waals surface area contributed by atoms with Gasteiger partial charge in [0.25, 0.3) is 5.91 Å². The van der Waals surface area contributed by atoms with Gasteiger partial charge in [-0.2, -0.15) is 5.26 Å². The number of nitrogens with one attached hydrogen (secondary N) is 1. The number of nitriles is 1. The van der Waals surface area contributed by atoms with Gasteiger partial charge in [0.1, 0.15) is 17.4 Å². The normalized spacial score (nSPS) is 13.9. The first-order chi connectivity index (χ1) is 12.5. The first-order valence-corrected chi connectivity index (χ1v) is 8.30. The molecule has 0 bridgehead atoms. The van der Waals surface area contributed by atoms with Crippen molar-refractivity contribution in [3.8, 4) is 23.3 Å². The molecule has 1 N–H and O–H groups in total. The van der Waals surface area contributed by atoms with Crippen molar-refractivity contribution >= 4 is 11.6 Å². The van der Waals surface area contributed by atoms with Crippen LogP contribution in [-0.2, 0) is 11.2 Å². The van der Waals surface area contributed by atoms with E-state index in [9.17, 15) is 4.79 Å². The summed E-state index contributed by atoms with van der Waals surface area (Å²) in [7, 11) is 0. The van der Waals surface area contributed by atoms with Crippen LogP contribution >= 0.6 is 0 Å². The van der Waals surface area contributed by atoms with E-state index in [4.69, 9.17) is 19.5 Å². The summed E-state index contributed by atoms with van der Waals surface area (Å²) in [6.07, 6.45) is 0.807. The van der Waals surface area contributed by atoms with Gasteiger partial charge in [-0.05, 0) is 32.0 Å². The van der Waals surface area contributed by atoms with Gasteiger partial charge in [-0.25, -0.2) is 0 Å². The molecule has 0 saturated heterocycles. The number of benzene rings is 2. The number of hydrogen-bond donors (Lipinski definition) is 1. The number of carbonyl (C=O) groups excluding carboxylic acids is 1. The minimum atomic E-state index is -0.294. The average molecular weight is 352 g/mol. The molecular formula is C20H20N2O4.